The largest absolute Gasteiger partial charge is 0.497 e. The first-order valence-corrected chi connectivity index (χ1v) is 7.87. The predicted octanol–water partition coefficient (Wildman–Crippen LogP) is 3.77. The fourth-order valence-electron chi connectivity index (χ4n) is 2.94. The molecule has 3 heteroatoms. The van der Waals surface area contributed by atoms with Gasteiger partial charge in [-0.05, 0) is 37.9 Å². The molecule has 0 aliphatic heterocycles. The second-order valence-corrected chi connectivity index (χ2v) is 5.49. The van der Waals surface area contributed by atoms with Crippen molar-refractivity contribution in [2.75, 3.05) is 13.7 Å². The van der Waals surface area contributed by atoms with E-state index in [1.54, 1.807) is 7.11 Å². The van der Waals surface area contributed by atoms with Crippen LogP contribution in [0.25, 0.3) is 0 Å². The topological polar surface area (TPSA) is 30.5 Å². The number of hydrogen-bond acceptors (Lipinski definition) is 3. The molecule has 3 nitrogen and oxygen atoms in total. The average Bonchev–Trinajstić information content (AvgIpc) is 2.46. The molecule has 112 valence electrons. The van der Waals surface area contributed by atoms with E-state index in [0.717, 1.165) is 24.5 Å². The summed E-state index contributed by atoms with van der Waals surface area (Å²) in [6, 6.07) is 8.39. The molecule has 20 heavy (non-hydrogen) atoms. The molecule has 1 aromatic carbocycles. The Morgan fingerprint density at radius 1 is 1.10 bits per heavy atom. The molecule has 2 rings (SSSR count). The normalized spacial score (nSPS) is 23.7. The summed E-state index contributed by atoms with van der Waals surface area (Å²) < 4.78 is 11.5. The van der Waals surface area contributed by atoms with Crippen molar-refractivity contribution in [1.29, 1.82) is 0 Å². The zero-order valence-electron chi connectivity index (χ0n) is 12.7. The van der Waals surface area contributed by atoms with E-state index >= 15 is 0 Å². The van der Waals surface area contributed by atoms with Crippen LogP contribution < -0.4 is 14.8 Å². The van der Waals surface area contributed by atoms with Crippen LogP contribution in [0.4, 0.5) is 0 Å². The van der Waals surface area contributed by atoms with Gasteiger partial charge in [-0.25, -0.2) is 0 Å². The number of hydrogen-bond donors (Lipinski definition) is 1. The predicted molar refractivity (Wildman–Crippen MR) is 82.6 cm³/mol. The molecule has 0 aromatic heterocycles. The van der Waals surface area contributed by atoms with Gasteiger partial charge in [0.1, 0.15) is 17.6 Å². The second kappa shape index (κ2) is 8.15. The lowest BCUT2D eigenvalue weighted by Crippen LogP contribution is -2.43. The molecule has 1 aliphatic rings. The van der Waals surface area contributed by atoms with Gasteiger partial charge in [0, 0.05) is 12.1 Å². The third kappa shape index (κ3) is 4.41. The molecular formula is C17H27NO2. The minimum absolute atomic E-state index is 0.266. The third-order valence-electron chi connectivity index (χ3n) is 4.00. The Morgan fingerprint density at radius 2 is 1.85 bits per heavy atom. The van der Waals surface area contributed by atoms with Crippen molar-refractivity contribution in [2.24, 2.45) is 0 Å². The van der Waals surface area contributed by atoms with Crippen LogP contribution in [0.15, 0.2) is 24.3 Å². The lowest BCUT2D eigenvalue weighted by molar-refractivity contribution is 0.127. The number of methoxy groups -OCH3 is 1. The highest BCUT2D eigenvalue weighted by atomic mass is 16.5. The molecule has 0 heterocycles. The maximum absolute atomic E-state index is 6.26. The Balaban J connectivity index is 2.04. The maximum atomic E-state index is 6.26. The van der Waals surface area contributed by atoms with E-state index in [9.17, 15) is 0 Å². The molecule has 1 aliphatic carbocycles. The molecule has 0 radical (unpaired) electrons. The average molecular weight is 277 g/mol. The van der Waals surface area contributed by atoms with Crippen LogP contribution >= 0.6 is 0 Å². The summed E-state index contributed by atoms with van der Waals surface area (Å²) in [4.78, 5) is 0. The van der Waals surface area contributed by atoms with E-state index in [1.165, 1.54) is 32.1 Å². The van der Waals surface area contributed by atoms with E-state index in [4.69, 9.17) is 9.47 Å². The van der Waals surface area contributed by atoms with Crippen molar-refractivity contribution in [3.8, 4) is 11.5 Å². The number of likely N-dealkylation sites (N-methyl/N-ethyl adjacent to an activating group) is 1. The van der Waals surface area contributed by atoms with Crippen molar-refractivity contribution < 1.29 is 9.47 Å². The van der Waals surface area contributed by atoms with Crippen molar-refractivity contribution >= 4 is 0 Å². The van der Waals surface area contributed by atoms with Crippen molar-refractivity contribution in [3.63, 3.8) is 0 Å². The number of benzene rings is 1. The zero-order chi connectivity index (χ0) is 14.2. The highest BCUT2D eigenvalue weighted by Gasteiger charge is 2.23. The first-order valence-electron chi connectivity index (χ1n) is 7.87. The molecule has 1 saturated carbocycles. The van der Waals surface area contributed by atoms with Gasteiger partial charge in [0.2, 0.25) is 0 Å². The molecule has 1 aromatic rings. The Morgan fingerprint density at radius 3 is 2.60 bits per heavy atom. The summed E-state index contributed by atoms with van der Waals surface area (Å²) in [5.41, 5.74) is 0. The van der Waals surface area contributed by atoms with Gasteiger partial charge in [0.15, 0.2) is 0 Å². The third-order valence-corrected chi connectivity index (χ3v) is 4.00. The van der Waals surface area contributed by atoms with E-state index < -0.39 is 0 Å². The van der Waals surface area contributed by atoms with Crippen LogP contribution in [0.2, 0.25) is 0 Å². The molecule has 1 N–H and O–H groups in total. The zero-order valence-corrected chi connectivity index (χ0v) is 12.7. The summed E-state index contributed by atoms with van der Waals surface area (Å²) in [6.07, 6.45) is 7.86. The van der Waals surface area contributed by atoms with Crippen LogP contribution in [0.5, 0.6) is 11.5 Å². The van der Waals surface area contributed by atoms with E-state index in [-0.39, 0.29) is 6.10 Å². The van der Waals surface area contributed by atoms with Gasteiger partial charge >= 0.3 is 0 Å². The molecule has 0 bridgehead atoms. The van der Waals surface area contributed by atoms with Crippen molar-refractivity contribution in [3.05, 3.63) is 24.3 Å². The Labute approximate surface area is 122 Å². The number of rotatable bonds is 5. The van der Waals surface area contributed by atoms with E-state index in [0.29, 0.717) is 6.04 Å². The molecule has 0 amide bonds. The lowest BCUT2D eigenvalue weighted by Gasteiger charge is -2.30. The fraction of sp³-hybridized carbons (Fsp3) is 0.647. The first-order chi connectivity index (χ1) is 9.83. The Bertz CT molecular complexity index is 394. The van der Waals surface area contributed by atoms with Crippen LogP contribution in [-0.2, 0) is 0 Å². The van der Waals surface area contributed by atoms with Gasteiger partial charge in [0.25, 0.3) is 0 Å². The quantitative estimate of drug-likeness (QED) is 0.888. The number of nitrogens with one attached hydrogen (secondary N) is 1. The molecule has 1 fully saturated rings. The van der Waals surface area contributed by atoms with Crippen LogP contribution in [-0.4, -0.2) is 25.8 Å². The van der Waals surface area contributed by atoms with Crippen LogP contribution in [0, 0.1) is 0 Å². The smallest absolute Gasteiger partial charge is 0.123 e. The SMILES string of the molecule is CCNC1CCCCCCC1Oc1cccc(OC)c1. The summed E-state index contributed by atoms with van der Waals surface area (Å²) >= 11 is 0. The van der Waals surface area contributed by atoms with E-state index in [1.807, 2.05) is 24.3 Å². The standard InChI is InChI=1S/C17H27NO2/c1-3-18-16-11-6-4-5-7-12-17(16)20-15-10-8-9-14(13-15)19-2/h8-10,13,16-18H,3-7,11-12H2,1-2H3. The van der Waals surface area contributed by atoms with Crippen molar-refractivity contribution in [1.82, 2.24) is 5.32 Å². The minimum atomic E-state index is 0.266. The van der Waals surface area contributed by atoms with Crippen molar-refractivity contribution in [2.45, 2.75) is 57.6 Å². The fourth-order valence-corrected chi connectivity index (χ4v) is 2.94. The van der Waals surface area contributed by atoms with Gasteiger partial charge in [0.05, 0.1) is 7.11 Å². The summed E-state index contributed by atoms with van der Waals surface area (Å²) in [5, 5.41) is 3.59. The van der Waals surface area contributed by atoms with Gasteiger partial charge in [-0.1, -0.05) is 32.3 Å². The Hall–Kier alpha value is -1.22. The van der Waals surface area contributed by atoms with E-state index in [2.05, 4.69) is 12.2 Å². The van der Waals surface area contributed by atoms with Crippen LogP contribution in [0.1, 0.15) is 45.4 Å². The molecule has 0 saturated heterocycles. The van der Waals surface area contributed by atoms with Crippen LogP contribution in [0.3, 0.4) is 0 Å². The lowest BCUT2D eigenvalue weighted by atomic mass is 9.94. The summed E-state index contributed by atoms with van der Waals surface area (Å²) in [7, 11) is 1.69. The highest BCUT2D eigenvalue weighted by Crippen LogP contribution is 2.25. The number of ether oxygens (including phenoxy) is 2. The highest BCUT2D eigenvalue weighted by molar-refractivity contribution is 5.33. The van der Waals surface area contributed by atoms with Gasteiger partial charge < -0.3 is 14.8 Å². The maximum Gasteiger partial charge on any atom is 0.123 e. The molecule has 0 spiro atoms. The summed E-state index contributed by atoms with van der Waals surface area (Å²) in [6.45, 7) is 3.17. The van der Waals surface area contributed by atoms with Gasteiger partial charge in [-0.2, -0.15) is 0 Å². The molecule has 2 unspecified atom stereocenters. The monoisotopic (exact) mass is 277 g/mol. The summed E-state index contributed by atoms with van der Waals surface area (Å²) in [5.74, 6) is 1.77. The molecule has 2 atom stereocenters. The van der Waals surface area contributed by atoms with Gasteiger partial charge in [-0.3, -0.25) is 0 Å². The second-order valence-electron chi connectivity index (χ2n) is 5.49. The minimum Gasteiger partial charge on any atom is -0.497 e. The van der Waals surface area contributed by atoms with Gasteiger partial charge in [-0.15, -0.1) is 0 Å². The first kappa shape index (κ1) is 15.2. The Kier molecular flexibility index (Phi) is 6.19. The molecular weight excluding hydrogens is 250 g/mol.